The Morgan fingerprint density at radius 3 is 2.80 bits per heavy atom. The highest BCUT2D eigenvalue weighted by molar-refractivity contribution is 8.01. The van der Waals surface area contributed by atoms with Crippen LogP contribution in [0.4, 0.5) is 5.69 Å². The van der Waals surface area contributed by atoms with Crippen LogP contribution in [0.5, 0.6) is 5.75 Å². The molecule has 2 aromatic carbocycles. The van der Waals surface area contributed by atoms with Gasteiger partial charge in [-0.3, -0.25) is 4.79 Å². The van der Waals surface area contributed by atoms with Crippen LogP contribution in [-0.2, 0) is 4.74 Å². The zero-order valence-corrected chi connectivity index (χ0v) is 22.5. The molecule has 1 atom stereocenters. The number of Topliss-reactive ketones (excluding diaryl/α,β-unsaturated/α-hetero) is 1. The zero-order valence-electron chi connectivity index (χ0n) is 20.1. The van der Waals surface area contributed by atoms with E-state index in [1.807, 2.05) is 30.8 Å². The van der Waals surface area contributed by atoms with Gasteiger partial charge in [0.25, 0.3) is 0 Å². The number of fused-ring (bicyclic) bond motifs is 2. The van der Waals surface area contributed by atoms with E-state index in [2.05, 4.69) is 18.3 Å². The van der Waals surface area contributed by atoms with Crippen LogP contribution >= 0.6 is 34.7 Å². The van der Waals surface area contributed by atoms with Crippen LogP contribution in [0.1, 0.15) is 62.7 Å². The van der Waals surface area contributed by atoms with Crippen molar-refractivity contribution >= 4 is 56.4 Å². The van der Waals surface area contributed by atoms with Crippen LogP contribution in [0.2, 0.25) is 5.02 Å². The summed E-state index contributed by atoms with van der Waals surface area (Å²) in [6.07, 6.45) is 8.72. The van der Waals surface area contributed by atoms with Crippen molar-refractivity contribution in [3.05, 3.63) is 58.8 Å². The number of thiazole rings is 1. The molecule has 0 radical (unpaired) electrons. The molecule has 0 bridgehead atoms. The summed E-state index contributed by atoms with van der Waals surface area (Å²) >= 11 is 9.65. The maximum atomic E-state index is 13.2. The lowest BCUT2D eigenvalue weighted by Gasteiger charge is -2.27. The van der Waals surface area contributed by atoms with Gasteiger partial charge in [0.2, 0.25) is 12.1 Å². The average molecular weight is 531 g/mol. The van der Waals surface area contributed by atoms with E-state index in [1.54, 1.807) is 35.7 Å². The second-order valence-corrected chi connectivity index (χ2v) is 11.2. The van der Waals surface area contributed by atoms with Gasteiger partial charge in [0.15, 0.2) is 4.34 Å². The van der Waals surface area contributed by atoms with Crippen molar-refractivity contribution in [2.75, 3.05) is 17.7 Å². The number of hydrogen-bond acceptors (Lipinski definition) is 7. The first kappa shape index (κ1) is 26.0. The number of benzene rings is 2. The Morgan fingerprint density at radius 2 is 1.97 bits per heavy atom. The molecule has 0 spiro atoms. The van der Waals surface area contributed by atoms with Crippen molar-refractivity contribution in [2.24, 2.45) is 0 Å². The first-order valence-corrected chi connectivity index (χ1v) is 14.4. The molecule has 8 heteroatoms. The van der Waals surface area contributed by atoms with Crippen molar-refractivity contribution in [3.63, 3.8) is 0 Å². The van der Waals surface area contributed by atoms with Gasteiger partial charge >= 0.3 is 0 Å². The summed E-state index contributed by atoms with van der Waals surface area (Å²) in [6, 6.07) is 11.1. The number of carbonyl (C=O) groups is 1. The predicted molar refractivity (Wildman–Crippen MR) is 147 cm³/mol. The molecule has 0 saturated heterocycles. The summed E-state index contributed by atoms with van der Waals surface area (Å²) in [5, 5.41) is 3.74. The normalized spacial score (nSPS) is 16.5. The van der Waals surface area contributed by atoms with Crippen LogP contribution in [0, 0.1) is 0 Å². The first-order chi connectivity index (χ1) is 17.1. The number of unbranched alkanes of at least 4 members (excludes halogenated alkanes) is 5. The Balaban J connectivity index is 1.42. The van der Waals surface area contributed by atoms with Crippen LogP contribution in [0.15, 0.2) is 52.5 Å². The van der Waals surface area contributed by atoms with Gasteiger partial charge in [0.05, 0.1) is 21.4 Å². The molecule has 3 aromatic rings. The Bertz CT molecular complexity index is 1190. The van der Waals surface area contributed by atoms with Gasteiger partial charge < -0.3 is 14.8 Å². The molecule has 0 amide bonds. The molecular weight excluding hydrogens is 500 g/mol. The van der Waals surface area contributed by atoms with Crippen molar-refractivity contribution < 1.29 is 14.3 Å². The summed E-state index contributed by atoms with van der Waals surface area (Å²) in [5.74, 6) is 1.43. The number of thioether (sulfide) groups is 1. The van der Waals surface area contributed by atoms with Gasteiger partial charge in [0, 0.05) is 29.3 Å². The molecule has 1 unspecified atom stereocenters. The molecule has 0 saturated carbocycles. The Hall–Kier alpha value is -2.06. The maximum Gasteiger partial charge on any atom is 0.232 e. The summed E-state index contributed by atoms with van der Waals surface area (Å²) in [5.41, 5.74) is 2.71. The number of ketones is 1. The predicted octanol–water partition coefficient (Wildman–Crippen LogP) is 8.34. The fourth-order valence-corrected chi connectivity index (χ4v) is 6.24. The van der Waals surface area contributed by atoms with E-state index in [-0.39, 0.29) is 5.78 Å². The molecule has 1 aromatic heterocycles. The Labute approximate surface area is 220 Å². The van der Waals surface area contributed by atoms with Gasteiger partial charge in [-0.2, -0.15) is 0 Å². The van der Waals surface area contributed by atoms with Crippen molar-refractivity contribution in [2.45, 2.75) is 63.0 Å². The Morgan fingerprint density at radius 1 is 1.14 bits per heavy atom. The first-order valence-electron chi connectivity index (χ1n) is 12.2. The van der Waals surface area contributed by atoms with E-state index in [1.165, 1.54) is 38.5 Å². The molecule has 1 aliphatic rings. The van der Waals surface area contributed by atoms with Gasteiger partial charge in [-0.1, -0.05) is 62.4 Å². The third-order valence-electron chi connectivity index (χ3n) is 5.74. The highest BCUT2D eigenvalue weighted by Gasteiger charge is 2.32. The summed E-state index contributed by atoms with van der Waals surface area (Å²) < 4.78 is 13.8. The largest absolute Gasteiger partial charge is 0.460 e. The molecule has 2 heterocycles. The minimum atomic E-state index is -0.772. The molecule has 0 fully saturated rings. The van der Waals surface area contributed by atoms with E-state index in [4.69, 9.17) is 26.1 Å². The minimum Gasteiger partial charge on any atom is -0.460 e. The minimum absolute atomic E-state index is 0.160. The van der Waals surface area contributed by atoms with Crippen LogP contribution in [0.3, 0.4) is 0 Å². The molecule has 35 heavy (non-hydrogen) atoms. The second-order valence-electron chi connectivity index (χ2n) is 8.40. The van der Waals surface area contributed by atoms with Crippen LogP contribution in [-0.4, -0.2) is 29.4 Å². The summed E-state index contributed by atoms with van der Waals surface area (Å²) in [7, 11) is 0. The molecule has 186 valence electrons. The standard InChI is InChI=1S/C27H31ClN2O3S2/c1-3-5-6-7-8-9-14-34-27-30-22-12-11-19(16-24(22)35-27)29-17-21-25(31)20-15-18(28)10-13-23(20)33-26(21)32-4-2/h10-13,15-17,26,29H,3-9,14H2,1-2H3. The number of rotatable bonds is 12. The quantitative estimate of drug-likeness (QED) is 0.144. The average Bonchev–Trinajstić information content (AvgIpc) is 3.26. The molecule has 1 N–H and O–H groups in total. The number of anilines is 1. The lowest BCUT2D eigenvalue weighted by Crippen LogP contribution is -2.33. The lowest BCUT2D eigenvalue weighted by atomic mass is 10.00. The Kier molecular flexibility index (Phi) is 9.49. The lowest BCUT2D eigenvalue weighted by molar-refractivity contribution is -0.0509. The van der Waals surface area contributed by atoms with Gasteiger partial charge in [-0.15, -0.1) is 11.3 Å². The summed E-state index contributed by atoms with van der Waals surface area (Å²) in [6.45, 7) is 4.54. The van der Waals surface area contributed by atoms with E-state index >= 15 is 0 Å². The zero-order chi connectivity index (χ0) is 24.6. The van der Waals surface area contributed by atoms with E-state index in [0.29, 0.717) is 28.5 Å². The fraction of sp³-hybridized carbons (Fsp3) is 0.407. The van der Waals surface area contributed by atoms with Crippen LogP contribution in [0.25, 0.3) is 10.2 Å². The second kappa shape index (κ2) is 12.8. The van der Waals surface area contributed by atoms with Gasteiger partial charge in [0.1, 0.15) is 5.75 Å². The number of nitrogens with one attached hydrogen (secondary N) is 1. The molecule has 1 aliphatic heterocycles. The fourth-order valence-electron chi connectivity index (χ4n) is 3.89. The highest BCUT2D eigenvalue weighted by Crippen LogP contribution is 2.34. The monoisotopic (exact) mass is 530 g/mol. The number of halogens is 1. The maximum absolute atomic E-state index is 13.2. The topological polar surface area (TPSA) is 60.5 Å². The number of hydrogen-bond donors (Lipinski definition) is 1. The van der Waals surface area contributed by atoms with Crippen molar-refractivity contribution in [1.82, 2.24) is 4.98 Å². The van der Waals surface area contributed by atoms with Crippen molar-refractivity contribution in [3.8, 4) is 5.75 Å². The van der Waals surface area contributed by atoms with Gasteiger partial charge in [-0.05, 0) is 49.7 Å². The highest BCUT2D eigenvalue weighted by atomic mass is 35.5. The third-order valence-corrected chi connectivity index (χ3v) is 8.22. The summed E-state index contributed by atoms with van der Waals surface area (Å²) in [4.78, 5) is 17.9. The number of nitrogens with zero attached hydrogens (tertiary/aromatic N) is 1. The molecule has 4 rings (SSSR count). The molecule has 0 aliphatic carbocycles. The smallest absolute Gasteiger partial charge is 0.232 e. The van der Waals surface area contributed by atoms with E-state index in [0.717, 1.165) is 26.0 Å². The van der Waals surface area contributed by atoms with Crippen molar-refractivity contribution in [1.29, 1.82) is 0 Å². The number of ether oxygens (including phenoxy) is 2. The van der Waals surface area contributed by atoms with E-state index in [9.17, 15) is 4.79 Å². The molecule has 5 nitrogen and oxygen atoms in total. The van der Waals surface area contributed by atoms with E-state index < -0.39 is 6.29 Å². The SMILES string of the molecule is CCCCCCCCSc1nc2ccc(NC=C3C(=O)c4cc(Cl)ccc4OC3OCC)cc2s1. The number of carbonyl (C=O) groups excluding carboxylic acids is 1. The molecular formula is C27H31ClN2O3S2. The van der Waals surface area contributed by atoms with Crippen LogP contribution < -0.4 is 10.1 Å². The van der Waals surface area contributed by atoms with Gasteiger partial charge in [-0.25, -0.2) is 4.98 Å². The third kappa shape index (κ3) is 6.79. The number of aromatic nitrogens is 1.